The Morgan fingerprint density at radius 2 is 1.69 bits per heavy atom. The highest BCUT2D eigenvalue weighted by molar-refractivity contribution is 6.20. The fraction of sp³-hybridized carbons (Fsp3) is 0.545. The third kappa shape index (κ3) is 2.13. The minimum atomic E-state index is -1.23. The Morgan fingerprint density at radius 1 is 1.12 bits per heavy atom. The number of allylic oxidation sites excluding steroid dienone is 1. The van der Waals surface area contributed by atoms with E-state index in [1.54, 1.807) is 19.1 Å². The molecule has 1 aliphatic rings. The van der Waals surface area contributed by atoms with Gasteiger partial charge in [-0.15, -0.1) is 0 Å². The van der Waals surface area contributed by atoms with Gasteiger partial charge in [-0.05, 0) is 12.8 Å². The molecule has 0 aromatic carbocycles. The SMILES string of the molecule is CCC/C=C/C1(CC)C(=O)NC(=O)NC1=O. The van der Waals surface area contributed by atoms with Crippen LogP contribution in [0.5, 0.6) is 0 Å². The van der Waals surface area contributed by atoms with E-state index in [0.29, 0.717) is 6.42 Å². The van der Waals surface area contributed by atoms with E-state index >= 15 is 0 Å². The van der Waals surface area contributed by atoms with Crippen LogP contribution in [0.4, 0.5) is 4.79 Å². The van der Waals surface area contributed by atoms with Gasteiger partial charge in [-0.2, -0.15) is 0 Å². The summed E-state index contributed by atoms with van der Waals surface area (Å²) < 4.78 is 0. The van der Waals surface area contributed by atoms with Crippen LogP contribution in [0.3, 0.4) is 0 Å². The summed E-state index contributed by atoms with van der Waals surface area (Å²) in [7, 11) is 0. The number of hydrogen-bond acceptors (Lipinski definition) is 3. The van der Waals surface area contributed by atoms with Crippen molar-refractivity contribution in [2.75, 3.05) is 0 Å². The lowest BCUT2D eigenvalue weighted by molar-refractivity contribution is -0.141. The number of rotatable bonds is 4. The van der Waals surface area contributed by atoms with Gasteiger partial charge in [0.25, 0.3) is 0 Å². The molecule has 88 valence electrons. The zero-order chi connectivity index (χ0) is 12.2. The largest absolute Gasteiger partial charge is 0.328 e. The zero-order valence-corrected chi connectivity index (χ0v) is 9.50. The van der Waals surface area contributed by atoms with Gasteiger partial charge in [0, 0.05) is 0 Å². The van der Waals surface area contributed by atoms with Crippen molar-refractivity contribution in [1.29, 1.82) is 0 Å². The lowest BCUT2D eigenvalue weighted by Gasteiger charge is -2.30. The highest BCUT2D eigenvalue weighted by Crippen LogP contribution is 2.27. The summed E-state index contributed by atoms with van der Waals surface area (Å²) in [6.07, 6.45) is 5.47. The Morgan fingerprint density at radius 3 is 2.12 bits per heavy atom. The first-order valence-electron chi connectivity index (χ1n) is 5.41. The minimum Gasteiger partial charge on any atom is -0.277 e. The molecule has 0 aromatic heterocycles. The number of urea groups is 1. The van der Waals surface area contributed by atoms with Gasteiger partial charge in [0.1, 0.15) is 5.41 Å². The van der Waals surface area contributed by atoms with Crippen molar-refractivity contribution in [3.8, 4) is 0 Å². The van der Waals surface area contributed by atoms with Crippen LogP contribution < -0.4 is 10.6 Å². The van der Waals surface area contributed by atoms with Crippen molar-refractivity contribution in [3.05, 3.63) is 12.2 Å². The Labute approximate surface area is 94.3 Å². The Balaban J connectivity index is 2.96. The van der Waals surface area contributed by atoms with Gasteiger partial charge in [-0.1, -0.05) is 32.4 Å². The molecule has 5 heteroatoms. The second kappa shape index (κ2) is 4.92. The maximum atomic E-state index is 11.7. The highest BCUT2D eigenvalue weighted by atomic mass is 16.2. The number of carbonyl (C=O) groups is 3. The lowest BCUT2D eigenvalue weighted by Crippen LogP contribution is -2.61. The average molecular weight is 224 g/mol. The molecular formula is C11H16N2O3. The summed E-state index contributed by atoms with van der Waals surface area (Å²) in [6.45, 7) is 3.75. The van der Waals surface area contributed by atoms with E-state index in [-0.39, 0.29) is 0 Å². The van der Waals surface area contributed by atoms with E-state index in [1.807, 2.05) is 6.92 Å². The molecule has 1 aliphatic heterocycles. The Bertz CT molecular complexity index is 327. The van der Waals surface area contributed by atoms with Gasteiger partial charge in [0.2, 0.25) is 11.8 Å². The molecule has 0 aromatic rings. The Kier molecular flexibility index (Phi) is 3.82. The van der Waals surface area contributed by atoms with Gasteiger partial charge in [-0.3, -0.25) is 20.2 Å². The summed E-state index contributed by atoms with van der Waals surface area (Å²) in [4.78, 5) is 34.4. The molecule has 16 heavy (non-hydrogen) atoms. The van der Waals surface area contributed by atoms with Gasteiger partial charge in [0.15, 0.2) is 0 Å². The van der Waals surface area contributed by atoms with Gasteiger partial charge in [-0.25, -0.2) is 4.79 Å². The second-order valence-corrected chi connectivity index (χ2v) is 3.75. The van der Waals surface area contributed by atoms with Crippen LogP contribution >= 0.6 is 0 Å². The van der Waals surface area contributed by atoms with Crippen LogP contribution in [0.1, 0.15) is 33.1 Å². The number of amides is 4. The molecule has 1 heterocycles. The van der Waals surface area contributed by atoms with E-state index in [9.17, 15) is 14.4 Å². The van der Waals surface area contributed by atoms with Crippen molar-refractivity contribution in [2.24, 2.45) is 5.41 Å². The molecular weight excluding hydrogens is 208 g/mol. The third-order valence-corrected chi connectivity index (χ3v) is 2.68. The van der Waals surface area contributed by atoms with E-state index in [1.165, 1.54) is 0 Å². The van der Waals surface area contributed by atoms with E-state index in [2.05, 4.69) is 10.6 Å². The maximum Gasteiger partial charge on any atom is 0.328 e. The number of carbonyl (C=O) groups excluding carboxylic acids is 3. The number of hydrogen-bond donors (Lipinski definition) is 2. The van der Waals surface area contributed by atoms with Crippen LogP contribution in [-0.4, -0.2) is 17.8 Å². The van der Waals surface area contributed by atoms with Crippen molar-refractivity contribution < 1.29 is 14.4 Å². The van der Waals surface area contributed by atoms with Crippen molar-refractivity contribution >= 4 is 17.8 Å². The summed E-state index contributed by atoms with van der Waals surface area (Å²) in [5, 5.41) is 4.23. The topological polar surface area (TPSA) is 75.3 Å². The van der Waals surface area contributed by atoms with Gasteiger partial charge in [0.05, 0.1) is 0 Å². The average Bonchev–Trinajstić information content (AvgIpc) is 2.22. The van der Waals surface area contributed by atoms with E-state index < -0.39 is 23.3 Å². The summed E-state index contributed by atoms with van der Waals surface area (Å²) in [5.41, 5.74) is -1.23. The molecule has 0 unspecified atom stereocenters. The van der Waals surface area contributed by atoms with E-state index in [4.69, 9.17) is 0 Å². The zero-order valence-electron chi connectivity index (χ0n) is 9.50. The van der Waals surface area contributed by atoms with Crippen molar-refractivity contribution in [1.82, 2.24) is 10.6 Å². The van der Waals surface area contributed by atoms with Gasteiger partial charge < -0.3 is 0 Å². The molecule has 0 bridgehead atoms. The monoisotopic (exact) mass is 224 g/mol. The molecule has 0 aliphatic carbocycles. The van der Waals surface area contributed by atoms with Crippen LogP contribution in [0.2, 0.25) is 0 Å². The third-order valence-electron chi connectivity index (χ3n) is 2.68. The molecule has 2 N–H and O–H groups in total. The highest BCUT2D eigenvalue weighted by Gasteiger charge is 2.46. The summed E-state index contributed by atoms with van der Waals surface area (Å²) in [6, 6.07) is -0.747. The first-order chi connectivity index (χ1) is 7.56. The number of unbranched alkanes of at least 4 members (excludes halogenated alkanes) is 1. The van der Waals surface area contributed by atoms with Gasteiger partial charge >= 0.3 is 6.03 Å². The lowest BCUT2D eigenvalue weighted by atomic mass is 9.81. The molecule has 0 radical (unpaired) electrons. The Hall–Kier alpha value is -1.65. The second-order valence-electron chi connectivity index (χ2n) is 3.75. The molecule has 0 saturated carbocycles. The smallest absolute Gasteiger partial charge is 0.277 e. The van der Waals surface area contributed by atoms with Crippen LogP contribution in [0.25, 0.3) is 0 Å². The predicted octanol–water partition coefficient (Wildman–Crippen LogP) is 1.11. The standard InChI is InChI=1S/C11H16N2O3/c1-3-5-6-7-11(4-2)8(14)12-10(16)13-9(11)15/h6-7H,3-5H2,1-2H3,(H2,12,13,14,15,16)/b7-6+. The first-order valence-corrected chi connectivity index (χ1v) is 5.41. The molecule has 1 fully saturated rings. The fourth-order valence-corrected chi connectivity index (χ4v) is 1.61. The number of nitrogens with one attached hydrogen (secondary N) is 2. The van der Waals surface area contributed by atoms with Crippen LogP contribution in [-0.2, 0) is 9.59 Å². The van der Waals surface area contributed by atoms with Crippen LogP contribution in [0.15, 0.2) is 12.2 Å². The molecule has 1 saturated heterocycles. The molecule has 0 atom stereocenters. The van der Waals surface area contributed by atoms with E-state index in [0.717, 1.165) is 12.8 Å². The molecule has 5 nitrogen and oxygen atoms in total. The summed E-state index contributed by atoms with van der Waals surface area (Å²) in [5.74, 6) is -1.09. The minimum absolute atomic E-state index is 0.332. The quantitative estimate of drug-likeness (QED) is 0.554. The fourth-order valence-electron chi connectivity index (χ4n) is 1.61. The van der Waals surface area contributed by atoms with Crippen molar-refractivity contribution in [2.45, 2.75) is 33.1 Å². The molecule has 0 spiro atoms. The first kappa shape index (κ1) is 12.4. The normalized spacial score (nSPS) is 19.8. The van der Waals surface area contributed by atoms with Crippen molar-refractivity contribution in [3.63, 3.8) is 0 Å². The number of imide groups is 2. The number of barbiturate groups is 1. The summed E-state index contributed by atoms with van der Waals surface area (Å²) >= 11 is 0. The maximum absolute atomic E-state index is 11.7. The molecule has 1 rings (SSSR count). The molecule has 4 amide bonds. The predicted molar refractivity (Wildman–Crippen MR) is 58.5 cm³/mol. The van der Waals surface area contributed by atoms with Crippen LogP contribution in [0, 0.1) is 5.41 Å².